The van der Waals surface area contributed by atoms with Gasteiger partial charge in [-0.15, -0.1) is 0 Å². The highest BCUT2D eigenvalue weighted by molar-refractivity contribution is 5.94. The number of nitrogens with one attached hydrogen (secondary N) is 2. The van der Waals surface area contributed by atoms with E-state index in [1.54, 1.807) is 0 Å². The molecule has 0 saturated carbocycles. The number of rotatable bonds is 6. The molecule has 1 rings (SSSR count). The fourth-order valence-electron chi connectivity index (χ4n) is 1.92. The zero-order chi connectivity index (χ0) is 13.5. The van der Waals surface area contributed by atoms with E-state index in [2.05, 4.69) is 29.4 Å². The van der Waals surface area contributed by atoms with Crippen molar-refractivity contribution in [2.45, 2.75) is 26.9 Å². The van der Waals surface area contributed by atoms with Crippen LogP contribution >= 0.6 is 0 Å². The standard InChI is InChI=1S/C14H23N3O/c1-5-17(6-2)11(3)16-14(18)12-7-9-13(15-4)10-8-12/h7-11,15H,5-6H2,1-4H3,(H,16,18). The first-order valence-electron chi connectivity index (χ1n) is 6.45. The quantitative estimate of drug-likeness (QED) is 0.759. The minimum atomic E-state index is -0.0305. The Hall–Kier alpha value is -1.55. The van der Waals surface area contributed by atoms with Crippen molar-refractivity contribution in [1.82, 2.24) is 10.2 Å². The molecule has 0 fully saturated rings. The highest BCUT2D eigenvalue weighted by Gasteiger charge is 2.13. The van der Waals surface area contributed by atoms with Crippen molar-refractivity contribution in [1.29, 1.82) is 0 Å². The van der Waals surface area contributed by atoms with E-state index in [-0.39, 0.29) is 12.1 Å². The van der Waals surface area contributed by atoms with Gasteiger partial charge in [0.05, 0.1) is 6.17 Å². The molecule has 0 aliphatic heterocycles. The number of carbonyl (C=O) groups is 1. The summed E-state index contributed by atoms with van der Waals surface area (Å²) < 4.78 is 0. The zero-order valence-electron chi connectivity index (χ0n) is 11.7. The van der Waals surface area contributed by atoms with Crippen LogP contribution in [0.15, 0.2) is 24.3 Å². The predicted molar refractivity (Wildman–Crippen MR) is 75.8 cm³/mol. The van der Waals surface area contributed by atoms with E-state index in [9.17, 15) is 4.79 Å². The second-order valence-corrected chi connectivity index (χ2v) is 4.20. The summed E-state index contributed by atoms with van der Waals surface area (Å²) in [5.74, 6) is -0.0305. The molecule has 0 saturated heterocycles. The lowest BCUT2D eigenvalue weighted by molar-refractivity contribution is 0.0875. The van der Waals surface area contributed by atoms with Gasteiger partial charge < -0.3 is 10.6 Å². The Labute approximate surface area is 109 Å². The van der Waals surface area contributed by atoms with Crippen LogP contribution in [0.2, 0.25) is 0 Å². The Morgan fingerprint density at radius 1 is 1.22 bits per heavy atom. The Morgan fingerprint density at radius 3 is 2.22 bits per heavy atom. The summed E-state index contributed by atoms with van der Waals surface area (Å²) in [7, 11) is 1.86. The Balaban J connectivity index is 2.64. The Kier molecular flexibility index (Phi) is 5.65. The van der Waals surface area contributed by atoms with Crippen LogP contribution in [-0.2, 0) is 0 Å². The molecule has 0 aliphatic carbocycles. The van der Waals surface area contributed by atoms with Gasteiger partial charge in [0.15, 0.2) is 0 Å². The molecule has 1 unspecified atom stereocenters. The van der Waals surface area contributed by atoms with Gasteiger partial charge in [-0.25, -0.2) is 0 Å². The van der Waals surface area contributed by atoms with Crippen LogP contribution in [0.3, 0.4) is 0 Å². The lowest BCUT2D eigenvalue weighted by Crippen LogP contribution is -2.46. The van der Waals surface area contributed by atoms with Crippen molar-refractivity contribution in [2.75, 3.05) is 25.5 Å². The molecular weight excluding hydrogens is 226 g/mol. The van der Waals surface area contributed by atoms with E-state index in [1.807, 2.05) is 38.2 Å². The number of benzene rings is 1. The molecule has 1 aromatic rings. The fraction of sp³-hybridized carbons (Fsp3) is 0.500. The summed E-state index contributed by atoms with van der Waals surface area (Å²) in [6.07, 6.45) is 0.0523. The second-order valence-electron chi connectivity index (χ2n) is 4.20. The molecule has 0 heterocycles. The normalized spacial score (nSPS) is 12.3. The first-order chi connectivity index (χ1) is 8.62. The molecule has 18 heavy (non-hydrogen) atoms. The summed E-state index contributed by atoms with van der Waals surface area (Å²) in [6, 6.07) is 7.46. The van der Waals surface area contributed by atoms with Gasteiger partial charge in [-0.1, -0.05) is 13.8 Å². The Morgan fingerprint density at radius 2 is 1.78 bits per heavy atom. The molecule has 100 valence electrons. The highest BCUT2D eigenvalue weighted by Crippen LogP contribution is 2.08. The molecule has 1 amide bonds. The number of anilines is 1. The van der Waals surface area contributed by atoms with Crippen molar-refractivity contribution in [3.63, 3.8) is 0 Å². The number of amides is 1. The molecule has 1 aromatic carbocycles. The third kappa shape index (κ3) is 3.74. The first-order valence-corrected chi connectivity index (χ1v) is 6.45. The maximum Gasteiger partial charge on any atom is 0.252 e. The monoisotopic (exact) mass is 249 g/mol. The van der Waals surface area contributed by atoms with Crippen molar-refractivity contribution < 1.29 is 4.79 Å². The average Bonchev–Trinajstić information content (AvgIpc) is 2.40. The molecule has 0 bridgehead atoms. The van der Waals surface area contributed by atoms with E-state index in [4.69, 9.17) is 0 Å². The summed E-state index contributed by atoms with van der Waals surface area (Å²) in [4.78, 5) is 14.2. The molecule has 0 aliphatic rings. The summed E-state index contributed by atoms with van der Waals surface area (Å²) in [5, 5.41) is 6.03. The molecule has 0 radical (unpaired) electrons. The second kappa shape index (κ2) is 7.01. The van der Waals surface area contributed by atoms with Crippen LogP contribution in [0.4, 0.5) is 5.69 Å². The lowest BCUT2D eigenvalue weighted by Gasteiger charge is -2.27. The largest absolute Gasteiger partial charge is 0.388 e. The molecule has 2 N–H and O–H groups in total. The van der Waals surface area contributed by atoms with E-state index < -0.39 is 0 Å². The van der Waals surface area contributed by atoms with E-state index in [0.29, 0.717) is 5.56 Å². The smallest absolute Gasteiger partial charge is 0.252 e. The maximum absolute atomic E-state index is 12.0. The van der Waals surface area contributed by atoms with Gasteiger partial charge >= 0.3 is 0 Å². The van der Waals surface area contributed by atoms with E-state index in [1.165, 1.54) is 0 Å². The Bertz CT molecular complexity index is 371. The summed E-state index contributed by atoms with van der Waals surface area (Å²) in [6.45, 7) is 8.04. The van der Waals surface area contributed by atoms with Gasteiger partial charge in [-0.05, 0) is 44.3 Å². The minimum absolute atomic E-state index is 0.0305. The van der Waals surface area contributed by atoms with Crippen molar-refractivity contribution in [3.05, 3.63) is 29.8 Å². The van der Waals surface area contributed by atoms with Crippen molar-refractivity contribution in [2.24, 2.45) is 0 Å². The number of hydrogen-bond acceptors (Lipinski definition) is 3. The predicted octanol–water partition coefficient (Wildman–Crippen LogP) is 2.15. The van der Waals surface area contributed by atoms with Gasteiger partial charge in [0, 0.05) is 18.3 Å². The SMILES string of the molecule is CCN(CC)C(C)NC(=O)c1ccc(NC)cc1. The third-order valence-corrected chi connectivity index (χ3v) is 3.14. The number of carbonyl (C=O) groups excluding carboxylic acids is 1. The zero-order valence-corrected chi connectivity index (χ0v) is 11.7. The molecule has 4 heteroatoms. The molecule has 0 spiro atoms. The molecular formula is C14H23N3O. The van der Waals surface area contributed by atoms with Crippen LogP contribution in [-0.4, -0.2) is 37.1 Å². The highest BCUT2D eigenvalue weighted by atomic mass is 16.1. The molecule has 0 aromatic heterocycles. The molecule has 1 atom stereocenters. The van der Waals surface area contributed by atoms with Crippen molar-refractivity contribution >= 4 is 11.6 Å². The van der Waals surface area contributed by atoms with Gasteiger partial charge in [0.1, 0.15) is 0 Å². The maximum atomic E-state index is 12.0. The van der Waals surface area contributed by atoms with E-state index in [0.717, 1.165) is 18.8 Å². The number of hydrogen-bond donors (Lipinski definition) is 2. The van der Waals surface area contributed by atoms with Crippen LogP contribution in [0.25, 0.3) is 0 Å². The van der Waals surface area contributed by atoms with Crippen molar-refractivity contribution in [3.8, 4) is 0 Å². The van der Waals surface area contributed by atoms with Crippen LogP contribution in [0.1, 0.15) is 31.1 Å². The molecule has 4 nitrogen and oxygen atoms in total. The number of nitrogens with zero attached hydrogens (tertiary/aromatic N) is 1. The van der Waals surface area contributed by atoms with Crippen LogP contribution in [0.5, 0.6) is 0 Å². The minimum Gasteiger partial charge on any atom is -0.388 e. The summed E-state index contributed by atoms with van der Waals surface area (Å²) in [5.41, 5.74) is 1.69. The third-order valence-electron chi connectivity index (χ3n) is 3.14. The van der Waals surface area contributed by atoms with Crippen LogP contribution < -0.4 is 10.6 Å². The topological polar surface area (TPSA) is 44.4 Å². The summed E-state index contributed by atoms with van der Waals surface area (Å²) >= 11 is 0. The van der Waals surface area contributed by atoms with Gasteiger partial charge in [-0.3, -0.25) is 9.69 Å². The average molecular weight is 249 g/mol. The van der Waals surface area contributed by atoms with Gasteiger partial charge in [-0.2, -0.15) is 0 Å². The van der Waals surface area contributed by atoms with Gasteiger partial charge in [0.25, 0.3) is 5.91 Å². The fourth-order valence-corrected chi connectivity index (χ4v) is 1.92. The van der Waals surface area contributed by atoms with E-state index >= 15 is 0 Å². The lowest BCUT2D eigenvalue weighted by atomic mass is 10.2. The first kappa shape index (κ1) is 14.5. The van der Waals surface area contributed by atoms with Gasteiger partial charge in [0.2, 0.25) is 0 Å². The van der Waals surface area contributed by atoms with Crippen LogP contribution in [0, 0.1) is 0 Å².